The second-order valence-corrected chi connectivity index (χ2v) is 4.15. The van der Waals surface area contributed by atoms with Crippen LogP contribution < -0.4 is 0 Å². The Morgan fingerprint density at radius 3 is 2.56 bits per heavy atom. The van der Waals surface area contributed by atoms with Gasteiger partial charge in [0.25, 0.3) is 6.43 Å². The maximum atomic E-state index is 12.4. The van der Waals surface area contributed by atoms with Gasteiger partial charge in [-0.1, -0.05) is 28.1 Å². The maximum absolute atomic E-state index is 12.4. The number of alkyl halides is 3. The molecular formula is C11H8BrF2NO. The third-order valence-corrected chi connectivity index (χ3v) is 3.22. The summed E-state index contributed by atoms with van der Waals surface area (Å²) in [5, 5.41) is 8.83. The van der Waals surface area contributed by atoms with Crippen LogP contribution in [0, 0.1) is 11.3 Å². The molecule has 1 unspecified atom stereocenters. The molecule has 0 saturated heterocycles. The molecule has 0 aliphatic carbocycles. The van der Waals surface area contributed by atoms with Gasteiger partial charge in [0.05, 0.1) is 16.5 Å². The summed E-state index contributed by atoms with van der Waals surface area (Å²) in [7, 11) is 0. The van der Waals surface area contributed by atoms with Crippen molar-refractivity contribution >= 4 is 21.7 Å². The van der Waals surface area contributed by atoms with Crippen molar-refractivity contribution in [3.63, 3.8) is 0 Å². The van der Waals surface area contributed by atoms with Crippen LogP contribution in [0.1, 0.15) is 34.9 Å². The molecule has 0 radical (unpaired) electrons. The van der Waals surface area contributed by atoms with Crippen molar-refractivity contribution in [2.75, 3.05) is 0 Å². The van der Waals surface area contributed by atoms with Crippen LogP contribution in [0.15, 0.2) is 18.2 Å². The topological polar surface area (TPSA) is 40.9 Å². The van der Waals surface area contributed by atoms with Gasteiger partial charge in [-0.05, 0) is 18.6 Å². The third-order valence-electron chi connectivity index (χ3n) is 2.08. The van der Waals surface area contributed by atoms with Crippen molar-refractivity contribution in [2.45, 2.75) is 18.2 Å². The lowest BCUT2D eigenvalue weighted by Gasteiger charge is -2.09. The van der Waals surface area contributed by atoms with Gasteiger partial charge in [-0.15, -0.1) is 0 Å². The molecule has 0 heterocycles. The average Bonchev–Trinajstić information content (AvgIpc) is 2.26. The molecule has 84 valence electrons. The van der Waals surface area contributed by atoms with Gasteiger partial charge in [0, 0.05) is 5.56 Å². The minimum Gasteiger partial charge on any atom is -0.298 e. The summed E-state index contributed by atoms with van der Waals surface area (Å²) < 4.78 is 24.8. The predicted molar refractivity (Wildman–Crippen MR) is 58.5 cm³/mol. The van der Waals surface area contributed by atoms with Crippen LogP contribution in [0.25, 0.3) is 0 Å². The average molecular weight is 288 g/mol. The first-order valence-electron chi connectivity index (χ1n) is 4.44. The number of carbonyl (C=O) groups is 1. The standard InChI is InChI=1S/C11H8BrF2NO/c1-6(16)10(12)9-3-2-7(11(13)14)4-8(9)5-15/h2-4,10-11H,1H3. The van der Waals surface area contributed by atoms with Crippen molar-refractivity contribution < 1.29 is 13.6 Å². The van der Waals surface area contributed by atoms with Gasteiger partial charge < -0.3 is 0 Å². The minimum atomic E-state index is -2.62. The second-order valence-electron chi connectivity index (χ2n) is 3.23. The summed E-state index contributed by atoms with van der Waals surface area (Å²) in [5.74, 6) is -0.179. The zero-order chi connectivity index (χ0) is 12.3. The zero-order valence-electron chi connectivity index (χ0n) is 8.38. The lowest BCUT2D eigenvalue weighted by Crippen LogP contribution is -2.04. The predicted octanol–water partition coefficient (Wildman–Crippen LogP) is 3.52. The second kappa shape index (κ2) is 5.17. The van der Waals surface area contributed by atoms with Gasteiger partial charge in [-0.2, -0.15) is 5.26 Å². The van der Waals surface area contributed by atoms with Crippen LogP contribution in [-0.2, 0) is 4.79 Å². The van der Waals surface area contributed by atoms with Crippen LogP contribution in [-0.4, -0.2) is 5.78 Å². The monoisotopic (exact) mass is 287 g/mol. The molecule has 0 amide bonds. The fraction of sp³-hybridized carbons (Fsp3) is 0.273. The first-order valence-corrected chi connectivity index (χ1v) is 5.35. The molecule has 1 rings (SSSR count). The van der Waals surface area contributed by atoms with E-state index in [9.17, 15) is 13.6 Å². The summed E-state index contributed by atoms with van der Waals surface area (Å²) in [4.78, 5) is 10.5. The van der Waals surface area contributed by atoms with E-state index in [1.807, 2.05) is 6.07 Å². The van der Waals surface area contributed by atoms with Crippen LogP contribution >= 0.6 is 15.9 Å². The first-order chi connectivity index (χ1) is 7.47. The van der Waals surface area contributed by atoms with Gasteiger partial charge >= 0.3 is 0 Å². The van der Waals surface area contributed by atoms with E-state index >= 15 is 0 Å². The Hall–Kier alpha value is -1.28. The van der Waals surface area contributed by atoms with E-state index in [-0.39, 0.29) is 16.9 Å². The molecule has 0 bridgehead atoms. The normalized spacial score (nSPS) is 12.2. The summed E-state index contributed by atoms with van der Waals surface area (Å²) in [6, 6.07) is 5.52. The highest BCUT2D eigenvalue weighted by Gasteiger charge is 2.18. The number of Topliss-reactive ketones (excluding diaryl/α,β-unsaturated/α-hetero) is 1. The highest BCUT2D eigenvalue weighted by atomic mass is 79.9. The third kappa shape index (κ3) is 2.64. The number of nitrogens with zero attached hydrogens (tertiary/aromatic N) is 1. The molecule has 1 atom stereocenters. The molecule has 0 fully saturated rings. The number of hydrogen-bond donors (Lipinski definition) is 0. The van der Waals surface area contributed by atoms with Crippen LogP contribution in [0.2, 0.25) is 0 Å². The van der Waals surface area contributed by atoms with Crippen molar-refractivity contribution in [2.24, 2.45) is 0 Å². The number of rotatable bonds is 3. The van der Waals surface area contributed by atoms with E-state index in [1.54, 1.807) is 0 Å². The van der Waals surface area contributed by atoms with Crippen LogP contribution in [0.5, 0.6) is 0 Å². The molecular weight excluding hydrogens is 280 g/mol. The molecule has 0 aliphatic rings. The van der Waals surface area contributed by atoms with Crippen molar-refractivity contribution in [1.29, 1.82) is 5.26 Å². The smallest absolute Gasteiger partial charge is 0.263 e. The van der Waals surface area contributed by atoms with Crippen molar-refractivity contribution in [1.82, 2.24) is 0 Å². The fourth-order valence-corrected chi connectivity index (χ4v) is 1.65. The Kier molecular flexibility index (Phi) is 4.13. The number of hydrogen-bond acceptors (Lipinski definition) is 2. The Balaban J connectivity index is 3.23. The number of benzene rings is 1. The van der Waals surface area contributed by atoms with Gasteiger partial charge in [-0.3, -0.25) is 4.79 Å². The molecule has 0 saturated carbocycles. The number of halogens is 3. The van der Waals surface area contributed by atoms with E-state index < -0.39 is 11.3 Å². The van der Waals surface area contributed by atoms with Crippen LogP contribution in [0.4, 0.5) is 8.78 Å². The number of nitriles is 1. The van der Waals surface area contributed by atoms with Crippen molar-refractivity contribution in [3.8, 4) is 6.07 Å². The van der Waals surface area contributed by atoms with Gasteiger partial charge in [0.1, 0.15) is 5.78 Å². The molecule has 0 aliphatic heterocycles. The highest BCUT2D eigenvalue weighted by molar-refractivity contribution is 9.09. The molecule has 5 heteroatoms. The molecule has 0 spiro atoms. The summed E-state index contributed by atoms with van der Waals surface area (Å²) in [6.45, 7) is 1.36. The van der Waals surface area contributed by atoms with E-state index in [0.717, 1.165) is 6.07 Å². The summed E-state index contributed by atoms with van der Waals surface area (Å²) in [6.07, 6.45) is -2.62. The SMILES string of the molecule is CC(=O)C(Br)c1ccc(C(F)F)cc1C#N. The molecule has 0 N–H and O–H groups in total. The maximum Gasteiger partial charge on any atom is 0.263 e. The Bertz CT molecular complexity index is 454. The zero-order valence-corrected chi connectivity index (χ0v) is 9.96. The number of carbonyl (C=O) groups excluding carboxylic acids is 1. The van der Waals surface area contributed by atoms with Crippen molar-refractivity contribution in [3.05, 3.63) is 34.9 Å². The lowest BCUT2D eigenvalue weighted by atomic mass is 10.0. The molecule has 16 heavy (non-hydrogen) atoms. The first kappa shape index (κ1) is 12.8. The Labute approximate surface area is 100 Å². The van der Waals surface area contributed by atoms with E-state index in [4.69, 9.17) is 5.26 Å². The lowest BCUT2D eigenvalue weighted by molar-refractivity contribution is -0.116. The van der Waals surface area contributed by atoms with Gasteiger partial charge in [-0.25, -0.2) is 8.78 Å². The summed E-state index contributed by atoms with van der Waals surface area (Å²) >= 11 is 3.12. The molecule has 2 nitrogen and oxygen atoms in total. The minimum absolute atomic E-state index is 0.0925. The van der Waals surface area contributed by atoms with E-state index in [0.29, 0.717) is 5.56 Å². The molecule has 1 aromatic carbocycles. The Morgan fingerprint density at radius 1 is 1.50 bits per heavy atom. The molecule has 0 aromatic heterocycles. The number of ketones is 1. The fourth-order valence-electron chi connectivity index (χ4n) is 1.25. The van der Waals surface area contributed by atoms with Gasteiger partial charge in [0.2, 0.25) is 0 Å². The largest absolute Gasteiger partial charge is 0.298 e. The van der Waals surface area contributed by atoms with Crippen LogP contribution in [0.3, 0.4) is 0 Å². The van der Waals surface area contributed by atoms with Gasteiger partial charge in [0.15, 0.2) is 0 Å². The molecule has 1 aromatic rings. The summed E-state index contributed by atoms with van der Waals surface area (Å²) in [5.41, 5.74) is 0.290. The Morgan fingerprint density at radius 2 is 2.12 bits per heavy atom. The quantitative estimate of drug-likeness (QED) is 0.798. The highest BCUT2D eigenvalue weighted by Crippen LogP contribution is 2.29. The van der Waals surface area contributed by atoms with E-state index in [1.165, 1.54) is 19.1 Å². The van der Waals surface area contributed by atoms with E-state index in [2.05, 4.69) is 15.9 Å².